The average molecular weight is 308 g/mol. The van der Waals surface area contributed by atoms with Gasteiger partial charge < -0.3 is 15.3 Å². The molecule has 1 aliphatic rings. The van der Waals surface area contributed by atoms with E-state index < -0.39 is 5.97 Å². The minimum atomic E-state index is -0.796. The van der Waals surface area contributed by atoms with Crippen LogP contribution in [0.2, 0.25) is 0 Å². The number of piperidine rings is 1. The molecule has 1 aromatic rings. The van der Waals surface area contributed by atoms with E-state index in [4.69, 9.17) is 5.11 Å². The lowest BCUT2D eigenvalue weighted by atomic mass is 9.97. The number of carboxylic acids is 1. The fourth-order valence-electron chi connectivity index (χ4n) is 2.63. The van der Waals surface area contributed by atoms with Gasteiger partial charge in [0.2, 0.25) is 0 Å². The lowest BCUT2D eigenvalue weighted by Gasteiger charge is -2.31. The Morgan fingerprint density at radius 3 is 2.55 bits per heavy atom. The third-order valence-corrected chi connectivity index (χ3v) is 4.15. The zero-order valence-corrected chi connectivity index (χ0v) is 12.8. The minimum Gasteiger partial charge on any atom is -0.481 e. The fraction of sp³-hybridized carbons (Fsp3) is 0.500. The Kier molecular flexibility index (Phi) is 5.00. The molecule has 1 heterocycles. The molecule has 0 spiro atoms. The second-order valence-electron chi connectivity index (χ2n) is 5.78. The summed E-state index contributed by atoms with van der Waals surface area (Å²) in [5.74, 6) is -1.42. The molecule has 2 amide bonds. The van der Waals surface area contributed by atoms with Crippen molar-refractivity contribution in [3.8, 4) is 0 Å². The lowest BCUT2D eigenvalue weighted by molar-refractivity contribution is -0.143. The van der Waals surface area contributed by atoms with Crippen LogP contribution in [0.5, 0.6) is 0 Å². The van der Waals surface area contributed by atoms with Crippen LogP contribution in [0.3, 0.4) is 0 Å². The average Bonchev–Trinajstić information content (AvgIpc) is 2.50. The number of urea groups is 1. The topological polar surface area (TPSA) is 69.6 Å². The van der Waals surface area contributed by atoms with E-state index in [1.54, 1.807) is 24.0 Å². The number of rotatable bonds is 3. The van der Waals surface area contributed by atoms with Crippen LogP contribution in [0.1, 0.15) is 36.9 Å². The summed E-state index contributed by atoms with van der Waals surface area (Å²) in [6.45, 7) is 4.41. The first-order chi connectivity index (χ1) is 10.4. The fourth-order valence-corrected chi connectivity index (χ4v) is 2.63. The van der Waals surface area contributed by atoms with Crippen molar-refractivity contribution < 1.29 is 19.1 Å². The van der Waals surface area contributed by atoms with Gasteiger partial charge in [-0.05, 0) is 43.9 Å². The molecule has 22 heavy (non-hydrogen) atoms. The Morgan fingerprint density at radius 1 is 1.36 bits per heavy atom. The van der Waals surface area contributed by atoms with Gasteiger partial charge in [0.25, 0.3) is 0 Å². The van der Waals surface area contributed by atoms with E-state index in [0.717, 1.165) is 5.56 Å². The Morgan fingerprint density at radius 2 is 2.00 bits per heavy atom. The molecule has 0 bridgehead atoms. The van der Waals surface area contributed by atoms with Crippen LogP contribution in [-0.2, 0) is 4.79 Å². The molecule has 1 aliphatic heterocycles. The van der Waals surface area contributed by atoms with Crippen molar-refractivity contribution >= 4 is 12.0 Å². The van der Waals surface area contributed by atoms with Crippen LogP contribution in [-0.4, -0.2) is 35.1 Å². The summed E-state index contributed by atoms with van der Waals surface area (Å²) in [6, 6.07) is 4.33. The van der Waals surface area contributed by atoms with Gasteiger partial charge >= 0.3 is 12.0 Å². The zero-order chi connectivity index (χ0) is 16.3. The molecule has 6 heteroatoms. The van der Waals surface area contributed by atoms with Crippen LogP contribution >= 0.6 is 0 Å². The molecule has 2 rings (SSSR count). The Labute approximate surface area is 129 Å². The van der Waals surface area contributed by atoms with Gasteiger partial charge in [0.05, 0.1) is 12.0 Å². The zero-order valence-electron chi connectivity index (χ0n) is 12.8. The Balaban J connectivity index is 1.91. The monoisotopic (exact) mass is 308 g/mol. The maximum Gasteiger partial charge on any atom is 0.317 e. The molecule has 5 nitrogen and oxygen atoms in total. The molecule has 0 aliphatic carbocycles. The van der Waals surface area contributed by atoms with Gasteiger partial charge in [0.1, 0.15) is 5.82 Å². The molecule has 1 atom stereocenters. The maximum absolute atomic E-state index is 13.3. The number of aryl methyl sites for hydroxylation is 1. The molecule has 0 aromatic heterocycles. The largest absolute Gasteiger partial charge is 0.481 e. The van der Waals surface area contributed by atoms with E-state index in [0.29, 0.717) is 31.5 Å². The molecule has 1 saturated heterocycles. The molecular formula is C16H21FN2O3. The van der Waals surface area contributed by atoms with Crippen molar-refractivity contribution in [2.45, 2.75) is 32.7 Å². The first-order valence-corrected chi connectivity index (χ1v) is 7.42. The summed E-state index contributed by atoms with van der Waals surface area (Å²) in [7, 11) is 0. The quantitative estimate of drug-likeness (QED) is 0.902. The molecule has 1 fully saturated rings. The van der Waals surface area contributed by atoms with Crippen molar-refractivity contribution in [1.29, 1.82) is 0 Å². The van der Waals surface area contributed by atoms with Crippen molar-refractivity contribution in [2.75, 3.05) is 13.1 Å². The number of nitrogens with one attached hydrogen (secondary N) is 1. The number of amides is 2. The first kappa shape index (κ1) is 16.3. The number of benzene rings is 1. The molecule has 1 unspecified atom stereocenters. The second-order valence-corrected chi connectivity index (χ2v) is 5.78. The number of halogens is 1. The number of nitrogens with zero attached hydrogens (tertiary/aromatic N) is 1. The predicted octanol–water partition coefficient (Wildman–Crippen LogP) is 2.70. The van der Waals surface area contributed by atoms with Gasteiger partial charge in [-0.15, -0.1) is 0 Å². The van der Waals surface area contributed by atoms with Gasteiger partial charge in [-0.2, -0.15) is 0 Å². The van der Waals surface area contributed by atoms with Gasteiger partial charge in [0.15, 0.2) is 0 Å². The minimum absolute atomic E-state index is 0.210. The van der Waals surface area contributed by atoms with Crippen LogP contribution in [0, 0.1) is 18.7 Å². The third kappa shape index (κ3) is 3.75. The van der Waals surface area contributed by atoms with E-state index in [2.05, 4.69) is 5.32 Å². The Hall–Kier alpha value is -2.11. The number of carboxylic acid groups (broad SMARTS) is 1. The molecule has 2 N–H and O–H groups in total. The summed E-state index contributed by atoms with van der Waals surface area (Å²) >= 11 is 0. The highest BCUT2D eigenvalue weighted by molar-refractivity contribution is 5.75. The highest BCUT2D eigenvalue weighted by Gasteiger charge is 2.27. The summed E-state index contributed by atoms with van der Waals surface area (Å²) in [6.07, 6.45) is 0.958. The van der Waals surface area contributed by atoms with E-state index in [9.17, 15) is 14.0 Å². The van der Waals surface area contributed by atoms with Gasteiger partial charge in [-0.25, -0.2) is 9.18 Å². The number of carbonyl (C=O) groups excluding carboxylic acids is 1. The summed E-state index contributed by atoms with van der Waals surface area (Å²) in [4.78, 5) is 24.7. The number of hydrogen-bond donors (Lipinski definition) is 2. The van der Waals surface area contributed by atoms with Crippen LogP contribution in [0.25, 0.3) is 0 Å². The van der Waals surface area contributed by atoms with Crippen molar-refractivity contribution in [2.24, 2.45) is 5.92 Å². The molecular weight excluding hydrogens is 287 g/mol. The lowest BCUT2D eigenvalue weighted by Crippen LogP contribution is -2.46. The number of carbonyl (C=O) groups is 2. The normalized spacial score (nSPS) is 17.1. The summed E-state index contributed by atoms with van der Waals surface area (Å²) in [5.41, 5.74) is 1.38. The number of aliphatic carboxylic acids is 1. The summed E-state index contributed by atoms with van der Waals surface area (Å²) < 4.78 is 13.3. The SMILES string of the molecule is Cc1cc(C(C)NC(=O)N2CCC(C(=O)O)CC2)ccc1F. The van der Waals surface area contributed by atoms with Crippen molar-refractivity contribution in [3.05, 3.63) is 35.1 Å². The molecule has 0 radical (unpaired) electrons. The van der Waals surface area contributed by atoms with Gasteiger partial charge in [-0.1, -0.05) is 12.1 Å². The van der Waals surface area contributed by atoms with Crippen LogP contribution in [0.15, 0.2) is 18.2 Å². The molecule has 1 aromatic carbocycles. The predicted molar refractivity (Wildman–Crippen MR) is 80.0 cm³/mol. The standard InChI is InChI=1S/C16H21FN2O3/c1-10-9-13(3-4-14(10)17)11(2)18-16(22)19-7-5-12(6-8-19)15(20)21/h3-4,9,11-12H,5-8H2,1-2H3,(H,18,22)(H,20,21). The van der Waals surface area contributed by atoms with E-state index >= 15 is 0 Å². The van der Waals surface area contributed by atoms with Crippen LogP contribution in [0.4, 0.5) is 9.18 Å². The summed E-state index contributed by atoms with van der Waals surface area (Å²) in [5, 5.41) is 11.8. The van der Waals surface area contributed by atoms with E-state index in [1.807, 2.05) is 6.92 Å². The Bertz CT molecular complexity index is 569. The van der Waals surface area contributed by atoms with Gasteiger partial charge in [-0.3, -0.25) is 4.79 Å². The first-order valence-electron chi connectivity index (χ1n) is 7.42. The highest BCUT2D eigenvalue weighted by atomic mass is 19.1. The van der Waals surface area contributed by atoms with Gasteiger partial charge in [0, 0.05) is 13.1 Å². The smallest absolute Gasteiger partial charge is 0.317 e. The third-order valence-electron chi connectivity index (χ3n) is 4.15. The highest BCUT2D eigenvalue weighted by Crippen LogP contribution is 2.19. The maximum atomic E-state index is 13.3. The van der Waals surface area contributed by atoms with Crippen molar-refractivity contribution in [1.82, 2.24) is 10.2 Å². The molecule has 0 saturated carbocycles. The van der Waals surface area contributed by atoms with E-state index in [-0.39, 0.29) is 23.8 Å². The number of hydrogen-bond acceptors (Lipinski definition) is 2. The van der Waals surface area contributed by atoms with Crippen LogP contribution < -0.4 is 5.32 Å². The second kappa shape index (κ2) is 6.77. The van der Waals surface area contributed by atoms with Crippen molar-refractivity contribution in [3.63, 3.8) is 0 Å². The molecule has 120 valence electrons. The number of likely N-dealkylation sites (tertiary alicyclic amines) is 1. The van der Waals surface area contributed by atoms with E-state index in [1.165, 1.54) is 6.07 Å².